The summed E-state index contributed by atoms with van der Waals surface area (Å²) in [5, 5.41) is 13.3. The Bertz CT molecular complexity index is 1020. The van der Waals surface area contributed by atoms with Crippen molar-refractivity contribution in [2.75, 3.05) is 20.3 Å². The predicted molar refractivity (Wildman–Crippen MR) is 106 cm³/mol. The van der Waals surface area contributed by atoms with Gasteiger partial charge in [-0.1, -0.05) is 12.1 Å². The largest absolute Gasteiger partial charge is 0.507 e. The highest BCUT2D eigenvalue weighted by Gasteiger charge is 2.19. The number of ether oxygens (including phenoxy) is 2. The molecule has 146 valence electrons. The van der Waals surface area contributed by atoms with E-state index in [0.29, 0.717) is 17.7 Å². The van der Waals surface area contributed by atoms with Crippen LogP contribution in [0.15, 0.2) is 51.7 Å². The highest BCUT2D eigenvalue weighted by Crippen LogP contribution is 2.33. The summed E-state index contributed by atoms with van der Waals surface area (Å²) in [6.45, 7) is 2.15. The van der Waals surface area contributed by atoms with Crippen LogP contribution in [0.5, 0.6) is 11.5 Å². The molecule has 28 heavy (non-hydrogen) atoms. The number of hydrogen-bond acceptors (Lipinski definition) is 5. The number of nitrogens with two attached hydrogens (primary N) is 1. The number of benzene rings is 2. The zero-order valence-corrected chi connectivity index (χ0v) is 15.8. The molecule has 1 fully saturated rings. The smallest absolute Gasteiger partial charge is 0.336 e. The highest BCUT2D eigenvalue weighted by atomic mass is 16.5. The normalized spacial score (nSPS) is 16.5. The van der Waals surface area contributed by atoms with Crippen molar-refractivity contribution in [2.24, 2.45) is 0 Å². The minimum Gasteiger partial charge on any atom is -0.507 e. The van der Waals surface area contributed by atoms with E-state index in [1.807, 2.05) is 24.3 Å². The van der Waals surface area contributed by atoms with Crippen LogP contribution in [0.1, 0.15) is 18.4 Å². The monoisotopic (exact) mass is 382 g/mol. The molecule has 0 radical (unpaired) electrons. The lowest BCUT2D eigenvalue weighted by Crippen LogP contribution is -2.84. The van der Waals surface area contributed by atoms with Gasteiger partial charge >= 0.3 is 5.63 Å². The number of aromatic hydroxyl groups is 1. The average Bonchev–Trinajstić information content (AvgIpc) is 3.23. The number of hydrogen-bond donors (Lipinski definition) is 2. The number of phenols is 1. The zero-order valence-electron chi connectivity index (χ0n) is 15.8. The van der Waals surface area contributed by atoms with Crippen LogP contribution < -0.4 is 15.7 Å². The lowest BCUT2D eigenvalue weighted by atomic mass is 9.99. The van der Waals surface area contributed by atoms with Gasteiger partial charge in [-0.3, -0.25) is 0 Å². The van der Waals surface area contributed by atoms with E-state index in [0.717, 1.165) is 48.3 Å². The van der Waals surface area contributed by atoms with Crippen LogP contribution in [-0.4, -0.2) is 31.5 Å². The van der Waals surface area contributed by atoms with Crippen molar-refractivity contribution >= 4 is 11.0 Å². The van der Waals surface area contributed by atoms with Crippen LogP contribution in [0.3, 0.4) is 0 Å². The van der Waals surface area contributed by atoms with Gasteiger partial charge in [0.15, 0.2) is 5.58 Å². The van der Waals surface area contributed by atoms with Crippen LogP contribution >= 0.6 is 0 Å². The van der Waals surface area contributed by atoms with E-state index in [4.69, 9.17) is 13.9 Å². The summed E-state index contributed by atoms with van der Waals surface area (Å²) in [6.07, 6.45) is 2.41. The minimum atomic E-state index is -0.440. The second-order valence-corrected chi connectivity index (χ2v) is 7.01. The third kappa shape index (κ3) is 3.74. The topological polar surface area (TPSA) is 85.5 Å². The van der Waals surface area contributed by atoms with Gasteiger partial charge in [0.25, 0.3) is 0 Å². The molecule has 1 saturated heterocycles. The molecule has 1 aliphatic rings. The summed E-state index contributed by atoms with van der Waals surface area (Å²) in [5.74, 6) is 0.879. The Morgan fingerprint density at radius 1 is 1.21 bits per heavy atom. The lowest BCUT2D eigenvalue weighted by molar-refractivity contribution is -0.676. The molecule has 1 aromatic heterocycles. The van der Waals surface area contributed by atoms with Crippen LogP contribution in [0.2, 0.25) is 0 Å². The maximum absolute atomic E-state index is 12.2. The molecule has 0 amide bonds. The maximum atomic E-state index is 12.2. The maximum Gasteiger partial charge on any atom is 0.336 e. The van der Waals surface area contributed by atoms with Gasteiger partial charge in [-0.25, -0.2) is 4.79 Å². The van der Waals surface area contributed by atoms with Gasteiger partial charge in [-0.05, 0) is 48.2 Å². The molecule has 6 nitrogen and oxygen atoms in total. The van der Waals surface area contributed by atoms with E-state index in [1.165, 1.54) is 6.07 Å². The Hall–Kier alpha value is -2.83. The molecular weight excluding hydrogens is 358 g/mol. The Kier molecular flexibility index (Phi) is 5.32. The summed E-state index contributed by atoms with van der Waals surface area (Å²) < 4.78 is 16.4. The van der Waals surface area contributed by atoms with Crippen molar-refractivity contribution in [3.05, 3.63) is 58.4 Å². The van der Waals surface area contributed by atoms with Gasteiger partial charge in [-0.15, -0.1) is 0 Å². The fraction of sp³-hybridized carbons (Fsp3) is 0.318. The van der Waals surface area contributed by atoms with Gasteiger partial charge in [0.2, 0.25) is 0 Å². The first-order valence-corrected chi connectivity index (χ1v) is 9.52. The third-order valence-electron chi connectivity index (χ3n) is 5.19. The van der Waals surface area contributed by atoms with Gasteiger partial charge in [0.1, 0.15) is 30.7 Å². The summed E-state index contributed by atoms with van der Waals surface area (Å²) >= 11 is 0. The number of quaternary nitrogens is 1. The zero-order chi connectivity index (χ0) is 19.5. The molecule has 6 heteroatoms. The van der Waals surface area contributed by atoms with E-state index < -0.39 is 5.63 Å². The van der Waals surface area contributed by atoms with Crippen LogP contribution in [-0.2, 0) is 11.3 Å². The fourth-order valence-electron chi connectivity index (χ4n) is 3.72. The molecule has 4 rings (SSSR count). The highest BCUT2D eigenvalue weighted by molar-refractivity contribution is 5.95. The number of methoxy groups -OCH3 is 1. The van der Waals surface area contributed by atoms with Crippen molar-refractivity contribution in [2.45, 2.75) is 25.5 Å². The second kappa shape index (κ2) is 8.04. The van der Waals surface area contributed by atoms with Gasteiger partial charge in [0.05, 0.1) is 12.7 Å². The van der Waals surface area contributed by atoms with Crippen LogP contribution in [0.25, 0.3) is 22.1 Å². The van der Waals surface area contributed by atoms with Crippen LogP contribution in [0, 0.1) is 0 Å². The van der Waals surface area contributed by atoms with E-state index in [1.54, 1.807) is 19.2 Å². The number of phenolic OH excluding ortho intramolecular Hbond substituents is 1. The quantitative estimate of drug-likeness (QED) is 0.640. The van der Waals surface area contributed by atoms with E-state index >= 15 is 0 Å². The van der Waals surface area contributed by atoms with Gasteiger partial charge in [-0.2, -0.15) is 0 Å². The Balaban J connectivity index is 1.70. The Morgan fingerprint density at radius 2 is 2.04 bits per heavy atom. The Labute approximate surface area is 162 Å². The van der Waals surface area contributed by atoms with Gasteiger partial charge in [0, 0.05) is 18.1 Å². The molecule has 1 atom stereocenters. The predicted octanol–water partition coefficient (Wildman–Crippen LogP) is 2.42. The van der Waals surface area contributed by atoms with Crippen LogP contribution in [0.4, 0.5) is 0 Å². The Morgan fingerprint density at radius 3 is 2.75 bits per heavy atom. The summed E-state index contributed by atoms with van der Waals surface area (Å²) in [6, 6.07) is 12.5. The lowest BCUT2D eigenvalue weighted by Gasteiger charge is -2.12. The fourth-order valence-corrected chi connectivity index (χ4v) is 3.72. The second-order valence-electron chi connectivity index (χ2n) is 7.01. The summed E-state index contributed by atoms with van der Waals surface area (Å²) in [4.78, 5) is 12.2. The molecule has 0 saturated carbocycles. The molecule has 0 aliphatic carbocycles. The molecule has 3 N–H and O–H groups in total. The number of fused-ring (bicyclic) bond motifs is 1. The van der Waals surface area contributed by atoms with Crippen molar-refractivity contribution in [3.8, 4) is 22.6 Å². The first kappa shape index (κ1) is 18.5. The van der Waals surface area contributed by atoms with Crippen molar-refractivity contribution in [1.29, 1.82) is 0 Å². The molecule has 1 aliphatic heterocycles. The molecule has 2 heterocycles. The number of rotatable bonds is 6. The third-order valence-corrected chi connectivity index (χ3v) is 5.19. The SMILES string of the molecule is COc1ccc(-c2cc(=O)oc3c(C[NH2+]C[C@H]4CCCO4)c(O)ccc23)cc1. The molecule has 2 aromatic carbocycles. The summed E-state index contributed by atoms with van der Waals surface area (Å²) in [7, 11) is 1.61. The summed E-state index contributed by atoms with van der Waals surface area (Å²) in [5.41, 5.74) is 2.28. The van der Waals surface area contributed by atoms with Crippen molar-refractivity contribution in [3.63, 3.8) is 0 Å². The first-order valence-electron chi connectivity index (χ1n) is 9.52. The van der Waals surface area contributed by atoms with Crippen molar-refractivity contribution in [1.82, 2.24) is 0 Å². The molecule has 0 unspecified atom stereocenters. The van der Waals surface area contributed by atoms with Gasteiger partial charge < -0.3 is 24.3 Å². The standard InChI is InChI=1S/C22H23NO5/c1-26-15-6-4-14(5-7-15)18-11-21(25)28-22-17(18)8-9-20(24)19(22)13-23-12-16-3-2-10-27-16/h4-9,11,16,23-24H,2-3,10,12-13H2,1H3/p+1/t16-/m1/s1. The first-order chi connectivity index (χ1) is 13.7. The molecule has 0 spiro atoms. The van der Waals surface area contributed by atoms with Crippen molar-refractivity contribution < 1.29 is 24.3 Å². The van der Waals surface area contributed by atoms with E-state index in [9.17, 15) is 9.90 Å². The molecule has 0 bridgehead atoms. The molecule has 3 aromatic rings. The minimum absolute atomic E-state index is 0.131. The average molecular weight is 382 g/mol. The van der Waals surface area contributed by atoms with E-state index in [-0.39, 0.29) is 11.9 Å². The van der Waals surface area contributed by atoms with E-state index in [2.05, 4.69) is 5.32 Å². The molecular formula is C22H24NO5+.